The van der Waals surface area contributed by atoms with Crippen LogP contribution >= 0.6 is 0 Å². The zero-order chi connectivity index (χ0) is 17.9. The molecule has 0 spiro atoms. The van der Waals surface area contributed by atoms with Gasteiger partial charge in [-0.3, -0.25) is 4.79 Å². The monoisotopic (exact) mass is 341 g/mol. The molecule has 0 saturated carbocycles. The van der Waals surface area contributed by atoms with Gasteiger partial charge in [0.25, 0.3) is 5.91 Å². The normalized spacial score (nSPS) is 20.5. The Morgan fingerprint density at radius 1 is 1.42 bits per heavy atom. The van der Waals surface area contributed by atoms with Gasteiger partial charge in [-0.25, -0.2) is 0 Å². The van der Waals surface area contributed by atoms with Crippen molar-refractivity contribution in [3.63, 3.8) is 0 Å². The Morgan fingerprint density at radius 3 is 2.71 bits per heavy atom. The number of nitriles is 1. The van der Waals surface area contributed by atoms with Gasteiger partial charge in [-0.15, -0.1) is 0 Å². The first-order valence-electron chi connectivity index (χ1n) is 7.44. The fourth-order valence-electron chi connectivity index (χ4n) is 2.56. The molecule has 1 aromatic carbocycles. The van der Waals surface area contributed by atoms with Gasteiger partial charge < -0.3 is 15.0 Å². The zero-order valence-corrected chi connectivity index (χ0v) is 13.4. The Morgan fingerprint density at radius 2 is 2.12 bits per heavy atom. The molecule has 8 heteroatoms. The zero-order valence-electron chi connectivity index (χ0n) is 13.4. The van der Waals surface area contributed by atoms with Gasteiger partial charge in [-0.1, -0.05) is 0 Å². The van der Waals surface area contributed by atoms with Crippen LogP contribution in [0, 0.1) is 11.3 Å². The molecule has 0 aromatic heterocycles. The molecule has 1 N–H and O–H groups in total. The Kier molecular flexibility index (Phi) is 5.34. The van der Waals surface area contributed by atoms with Crippen molar-refractivity contribution in [2.45, 2.75) is 31.2 Å². The molecule has 1 aliphatic heterocycles. The molecule has 5 nitrogen and oxygen atoms in total. The third-order valence-electron chi connectivity index (χ3n) is 3.80. The van der Waals surface area contributed by atoms with Crippen molar-refractivity contribution in [1.29, 1.82) is 5.26 Å². The minimum absolute atomic E-state index is 0.134. The van der Waals surface area contributed by atoms with E-state index in [0.29, 0.717) is 12.8 Å². The lowest BCUT2D eigenvalue weighted by Crippen LogP contribution is -2.34. The first kappa shape index (κ1) is 18.1. The molecule has 130 valence electrons. The standard InChI is InChI=1S/C16H18F3N3O2/c1-22(2)15(23)14-6-4-11(24-14)9-21-13-7-10(8-20)3-5-12(13)16(17,18)19/h3,5,7,11,14,21H,4,6,9H2,1-2H3/t11-,14+/m1/s1. The first-order valence-corrected chi connectivity index (χ1v) is 7.44. The maximum Gasteiger partial charge on any atom is 0.418 e. The number of hydrogen-bond donors (Lipinski definition) is 1. The van der Waals surface area contributed by atoms with Gasteiger partial charge in [-0.05, 0) is 31.0 Å². The van der Waals surface area contributed by atoms with Gasteiger partial charge in [0.15, 0.2) is 0 Å². The van der Waals surface area contributed by atoms with Gasteiger partial charge in [0.1, 0.15) is 6.10 Å². The number of anilines is 1. The van der Waals surface area contributed by atoms with E-state index in [4.69, 9.17) is 10.00 Å². The van der Waals surface area contributed by atoms with Crippen LogP contribution in [-0.2, 0) is 15.7 Å². The van der Waals surface area contributed by atoms with E-state index in [2.05, 4.69) is 5.32 Å². The van der Waals surface area contributed by atoms with Gasteiger partial charge in [0.2, 0.25) is 0 Å². The molecule has 1 heterocycles. The second-order valence-electron chi connectivity index (χ2n) is 5.81. The van der Waals surface area contributed by atoms with Crippen molar-refractivity contribution in [3.8, 4) is 6.07 Å². The van der Waals surface area contributed by atoms with Crippen LogP contribution in [0.2, 0.25) is 0 Å². The maximum absolute atomic E-state index is 13.0. The van der Waals surface area contributed by atoms with Crippen LogP contribution in [0.5, 0.6) is 0 Å². The summed E-state index contributed by atoms with van der Waals surface area (Å²) in [6.45, 7) is 0.134. The molecular formula is C16H18F3N3O2. The van der Waals surface area contributed by atoms with Crippen LogP contribution in [0.1, 0.15) is 24.0 Å². The quantitative estimate of drug-likeness (QED) is 0.914. The maximum atomic E-state index is 13.0. The summed E-state index contributed by atoms with van der Waals surface area (Å²) in [4.78, 5) is 13.3. The molecule has 1 aromatic rings. The lowest BCUT2D eigenvalue weighted by atomic mass is 10.1. The number of nitrogens with zero attached hydrogens (tertiary/aromatic N) is 2. The van der Waals surface area contributed by atoms with Crippen LogP contribution in [0.25, 0.3) is 0 Å². The number of carbonyl (C=O) groups excluding carboxylic acids is 1. The molecule has 1 aliphatic rings. The predicted molar refractivity (Wildman–Crippen MR) is 81.2 cm³/mol. The van der Waals surface area contributed by atoms with Crippen molar-refractivity contribution in [3.05, 3.63) is 29.3 Å². The summed E-state index contributed by atoms with van der Waals surface area (Å²) in [7, 11) is 3.25. The molecule has 2 atom stereocenters. The van der Waals surface area contributed by atoms with E-state index >= 15 is 0 Å². The molecule has 1 saturated heterocycles. The summed E-state index contributed by atoms with van der Waals surface area (Å²) in [6.07, 6.45) is -4.31. The number of alkyl halides is 3. The number of nitrogens with one attached hydrogen (secondary N) is 1. The van der Waals surface area contributed by atoms with Crippen molar-refractivity contribution in [2.24, 2.45) is 0 Å². The summed E-state index contributed by atoms with van der Waals surface area (Å²) in [6, 6.07) is 5.00. The topological polar surface area (TPSA) is 65.4 Å². The van der Waals surface area contributed by atoms with Crippen LogP contribution in [0.15, 0.2) is 18.2 Å². The molecule has 1 fully saturated rings. The lowest BCUT2D eigenvalue weighted by molar-refractivity contribution is -0.140. The van der Waals surface area contributed by atoms with Crippen LogP contribution in [0.3, 0.4) is 0 Å². The molecular weight excluding hydrogens is 323 g/mol. The van der Waals surface area contributed by atoms with Gasteiger partial charge >= 0.3 is 6.18 Å². The molecule has 2 rings (SSSR count). The Bertz CT molecular complexity index is 653. The number of amides is 1. The fraction of sp³-hybridized carbons (Fsp3) is 0.500. The predicted octanol–water partition coefficient (Wildman–Crippen LogP) is 2.62. The average molecular weight is 341 g/mol. The summed E-state index contributed by atoms with van der Waals surface area (Å²) in [5.74, 6) is -0.153. The summed E-state index contributed by atoms with van der Waals surface area (Å²) in [5, 5.41) is 11.6. The highest BCUT2D eigenvalue weighted by molar-refractivity contribution is 5.80. The van der Waals surface area contributed by atoms with Crippen molar-refractivity contribution in [1.82, 2.24) is 4.90 Å². The van der Waals surface area contributed by atoms with Crippen molar-refractivity contribution < 1.29 is 22.7 Å². The molecule has 0 radical (unpaired) electrons. The number of likely N-dealkylation sites (N-methyl/N-ethyl adjacent to an activating group) is 1. The van der Waals surface area contributed by atoms with Crippen LogP contribution in [0.4, 0.5) is 18.9 Å². The van der Waals surface area contributed by atoms with E-state index in [1.165, 1.54) is 11.0 Å². The summed E-state index contributed by atoms with van der Waals surface area (Å²) in [5.41, 5.74) is -0.855. The molecule has 0 aliphatic carbocycles. The number of rotatable bonds is 4. The number of benzene rings is 1. The first-order chi connectivity index (χ1) is 11.2. The summed E-state index contributed by atoms with van der Waals surface area (Å²) >= 11 is 0. The van der Waals surface area contributed by atoms with Gasteiger partial charge in [0.05, 0.1) is 23.3 Å². The average Bonchev–Trinajstić information content (AvgIpc) is 2.99. The van der Waals surface area contributed by atoms with E-state index in [-0.39, 0.29) is 29.8 Å². The van der Waals surface area contributed by atoms with Crippen LogP contribution in [-0.4, -0.2) is 43.7 Å². The molecule has 0 bridgehead atoms. The highest BCUT2D eigenvalue weighted by Gasteiger charge is 2.35. The Labute approximate surface area is 138 Å². The largest absolute Gasteiger partial charge is 0.418 e. The number of carbonyl (C=O) groups is 1. The second kappa shape index (κ2) is 7.09. The fourth-order valence-corrected chi connectivity index (χ4v) is 2.56. The highest BCUT2D eigenvalue weighted by Crippen LogP contribution is 2.35. The van der Waals surface area contributed by atoms with Crippen molar-refractivity contribution >= 4 is 11.6 Å². The molecule has 0 unspecified atom stereocenters. The van der Waals surface area contributed by atoms with Gasteiger partial charge in [-0.2, -0.15) is 18.4 Å². The lowest BCUT2D eigenvalue weighted by Gasteiger charge is -2.19. The van der Waals surface area contributed by atoms with Crippen LogP contribution < -0.4 is 5.32 Å². The van der Waals surface area contributed by atoms with E-state index in [0.717, 1.165) is 12.1 Å². The van der Waals surface area contributed by atoms with E-state index in [1.807, 2.05) is 6.07 Å². The molecule has 1 amide bonds. The number of halogens is 3. The number of hydrogen-bond acceptors (Lipinski definition) is 4. The minimum atomic E-state index is -4.52. The third kappa shape index (κ3) is 4.17. The Balaban J connectivity index is 2.05. The van der Waals surface area contributed by atoms with E-state index in [9.17, 15) is 18.0 Å². The highest BCUT2D eigenvalue weighted by atomic mass is 19.4. The second-order valence-corrected chi connectivity index (χ2v) is 5.81. The smallest absolute Gasteiger partial charge is 0.382 e. The van der Waals surface area contributed by atoms with Gasteiger partial charge in [0, 0.05) is 26.3 Å². The minimum Gasteiger partial charge on any atom is -0.382 e. The Hall–Kier alpha value is -2.27. The van der Waals surface area contributed by atoms with Crippen molar-refractivity contribution in [2.75, 3.05) is 26.0 Å². The SMILES string of the molecule is CN(C)C(=O)[C@@H]1CC[C@H](CNc2cc(C#N)ccc2C(F)(F)F)O1. The van der Waals surface area contributed by atoms with E-state index in [1.54, 1.807) is 14.1 Å². The summed E-state index contributed by atoms with van der Waals surface area (Å²) < 4.78 is 44.7. The van der Waals surface area contributed by atoms with E-state index < -0.39 is 17.8 Å². The molecule has 24 heavy (non-hydrogen) atoms. The third-order valence-corrected chi connectivity index (χ3v) is 3.80. The number of ether oxygens (including phenoxy) is 1.